The van der Waals surface area contributed by atoms with E-state index in [-0.39, 0.29) is 12.3 Å². The Balaban J connectivity index is 2.48. The van der Waals surface area contributed by atoms with Gasteiger partial charge in [0.15, 0.2) is 0 Å². The summed E-state index contributed by atoms with van der Waals surface area (Å²) in [6.45, 7) is 1.99. The van der Waals surface area contributed by atoms with Crippen molar-refractivity contribution in [1.29, 1.82) is 0 Å². The molecule has 98 valence electrons. The van der Waals surface area contributed by atoms with Gasteiger partial charge in [0, 0.05) is 0 Å². The highest BCUT2D eigenvalue weighted by Gasteiger charge is 2.18. The summed E-state index contributed by atoms with van der Waals surface area (Å²) >= 11 is 0. The Morgan fingerprint density at radius 2 is 1.94 bits per heavy atom. The van der Waals surface area contributed by atoms with Crippen molar-refractivity contribution in [2.24, 2.45) is 0 Å². The van der Waals surface area contributed by atoms with Crippen molar-refractivity contribution in [2.75, 3.05) is 0 Å². The van der Waals surface area contributed by atoms with Crippen LogP contribution in [0.1, 0.15) is 31.7 Å². The molecule has 0 fully saturated rings. The number of benzene rings is 1. The smallest absolute Gasteiger partial charge is 0.326 e. The molecule has 0 aliphatic heterocycles. The van der Waals surface area contributed by atoms with E-state index in [1.54, 1.807) is 0 Å². The summed E-state index contributed by atoms with van der Waals surface area (Å²) in [5.41, 5.74) is 0.884. The summed E-state index contributed by atoms with van der Waals surface area (Å²) in [7, 11) is 0. The summed E-state index contributed by atoms with van der Waals surface area (Å²) in [6, 6.07) is 8.51. The van der Waals surface area contributed by atoms with Gasteiger partial charge in [0.05, 0.1) is 6.42 Å². The maximum atomic E-state index is 11.7. The summed E-state index contributed by atoms with van der Waals surface area (Å²) in [4.78, 5) is 22.7. The average Bonchev–Trinajstić information content (AvgIpc) is 2.35. The molecule has 0 heterocycles. The van der Waals surface area contributed by atoms with Crippen molar-refractivity contribution in [1.82, 2.24) is 5.32 Å². The van der Waals surface area contributed by atoms with Crippen molar-refractivity contribution in [3.05, 3.63) is 35.9 Å². The van der Waals surface area contributed by atoms with Crippen molar-refractivity contribution in [3.63, 3.8) is 0 Å². The molecule has 4 heteroatoms. The summed E-state index contributed by atoms with van der Waals surface area (Å²) < 4.78 is 0. The molecule has 1 atom stereocenters. The first-order valence-corrected chi connectivity index (χ1v) is 6.19. The zero-order valence-electron chi connectivity index (χ0n) is 10.6. The first kappa shape index (κ1) is 14.2. The van der Waals surface area contributed by atoms with Gasteiger partial charge >= 0.3 is 5.97 Å². The van der Waals surface area contributed by atoms with Gasteiger partial charge < -0.3 is 10.4 Å². The third kappa shape index (κ3) is 4.99. The highest BCUT2D eigenvalue weighted by Crippen LogP contribution is 2.03. The summed E-state index contributed by atoms with van der Waals surface area (Å²) in [5, 5.41) is 11.6. The van der Waals surface area contributed by atoms with Crippen LogP contribution in [0.4, 0.5) is 0 Å². The minimum absolute atomic E-state index is 0.219. The standard InChI is InChI=1S/C14H19NO3/c1-2-3-9-12(14(17)18)15-13(16)10-11-7-5-4-6-8-11/h4-8,12H,2-3,9-10H2,1H3,(H,15,16)(H,17,18). The maximum Gasteiger partial charge on any atom is 0.326 e. The predicted octanol–water partition coefficient (Wildman–Crippen LogP) is 1.99. The minimum atomic E-state index is -0.968. The Labute approximate surface area is 107 Å². The van der Waals surface area contributed by atoms with E-state index in [2.05, 4.69) is 5.32 Å². The number of aliphatic carboxylic acids is 1. The van der Waals surface area contributed by atoms with Crippen molar-refractivity contribution in [3.8, 4) is 0 Å². The van der Waals surface area contributed by atoms with Gasteiger partial charge in [0.2, 0.25) is 5.91 Å². The van der Waals surface area contributed by atoms with Gasteiger partial charge in [-0.2, -0.15) is 0 Å². The van der Waals surface area contributed by atoms with Crippen LogP contribution in [0.25, 0.3) is 0 Å². The Hall–Kier alpha value is -1.84. The van der Waals surface area contributed by atoms with Gasteiger partial charge in [0.1, 0.15) is 6.04 Å². The lowest BCUT2D eigenvalue weighted by atomic mass is 10.1. The lowest BCUT2D eigenvalue weighted by molar-refractivity contribution is -0.142. The van der Waals surface area contributed by atoms with E-state index >= 15 is 0 Å². The van der Waals surface area contributed by atoms with Gasteiger partial charge in [-0.05, 0) is 12.0 Å². The highest BCUT2D eigenvalue weighted by atomic mass is 16.4. The molecule has 0 saturated heterocycles. The van der Waals surface area contributed by atoms with Crippen LogP contribution in [0.3, 0.4) is 0 Å². The van der Waals surface area contributed by atoms with Gasteiger partial charge in [-0.3, -0.25) is 4.79 Å². The first-order chi connectivity index (χ1) is 8.63. The molecule has 0 aliphatic carbocycles. The molecule has 0 saturated carbocycles. The predicted molar refractivity (Wildman–Crippen MR) is 69.2 cm³/mol. The number of unbranched alkanes of at least 4 members (excludes halogenated alkanes) is 1. The molecule has 1 unspecified atom stereocenters. The lowest BCUT2D eigenvalue weighted by Gasteiger charge is -2.14. The topological polar surface area (TPSA) is 66.4 Å². The Morgan fingerprint density at radius 3 is 2.50 bits per heavy atom. The Morgan fingerprint density at radius 1 is 1.28 bits per heavy atom. The Bertz CT molecular complexity index is 389. The normalized spacial score (nSPS) is 11.8. The number of carboxylic acids is 1. The Kier molecular flexibility index (Phi) is 5.91. The minimum Gasteiger partial charge on any atom is -0.480 e. The number of rotatable bonds is 7. The average molecular weight is 249 g/mol. The molecule has 1 aromatic rings. The van der Waals surface area contributed by atoms with E-state index in [1.807, 2.05) is 37.3 Å². The zero-order chi connectivity index (χ0) is 13.4. The number of hydrogen-bond acceptors (Lipinski definition) is 2. The fraction of sp³-hybridized carbons (Fsp3) is 0.429. The number of carboxylic acid groups (broad SMARTS) is 1. The second kappa shape index (κ2) is 7.48. The van der Waals surface area contributed by atoms with E-state index in [9.17, 15) is 9.59 Å². The quantitative estimate of drug-likeness (QED) is 0.776. The van der Waals surface area contributed by atoms with Gasteiger partial charge in [-0.25, -0.2) is 4.79 Å². The molecule has 1 aromatic carbocycles. The van der Waals surface area contributed by atoms with Crippen molar-refractivity contribution >= 4 is 11.9 Å². The zero-order valence-corrected chi connectivity index (χ0v) is 10.6. The molecule has 0 aromatic heterocycles. The molecule has 0 aliphatic rings. The van der Waals surface area contributed by atoms with Crippen LogP contribution in [-0.2, 0) is 16.0 Å². The third-order valence-corrected chi connectivity index (χ3v) is 2.69. The number of amides is 1. The van der Waals surface area contributed by atoms with Crippen LogP contribution in [0.15, 0.2) is 30.3 Å². The van der Waals surface area contributed by atoms with Crippen LogP contribution >= 0.6 is 0 Å². The fourth-order valence-corrected chi connectivity index (χ4v) is 1.69. The molecular formula is C14H19NO3. The molecular weight excluding hydrogens is 230 g/mol. The van der Waals surface area contributed by atoms with Crippen molar-refractivity contribution in [2.45, 2.75) is 38.6 Å². The van der Waals surface area contributed by atoms with Crippen LogP contribution in [0.2, 0.25) is 0 Å². The van der Waals surface area contributed by atoms with E-state index in [0.29, 0.717) is 6.42 Å². The highest BCUT2D eigenvalue weighted by molar-refractivity contribution is 5.84. The molecule has 0 spiro atoms. The van der Waals surface area contributed by atoms with E-state index < -0.39 is 12.0 Å². The maximum absolute atomic E-state index is 11.7. The van der Waals surface area contributed by atoms with Crippen LogP contribution < -0.4 is 5.32 Å². The molecule has 0 bridgehead atoms. The second-order valence-electron chi connectivity index (χ2n) is 4.26. The molecule has 4 nitrogen and oxygen atoms in total. The van der Waals surface area contributed by atoms with Gasteiger partial charge in [-0.1, -0.05) is 50.1 Å². The van der Waals surface area contributed by atoms with Crippen LogP contribution in [-0.4, -0.2) is 23.0 Å². The molecule has 1 rings (SSSR count). The monoisotopic (exact) mass is 249 g/mol. The second-order valence-corrected chi connectivity index (χ2v) is 4.26. The largest absolute Gasteiger partial charge is 0.480 e. The van der Waals surface area contributed by atoms with Gasteiger partial charge in [0.25, 0.3) is 0 Å². The molecule has 18 heavy (non-hydrogen) atoms. The van der Waals surface area contributed by atoms with Crippen LogP contribution in [0, 0.1) is 0 Å². The molecule has 2 N–H and O–H groups in total. The summed E-state index contributed by atoms with van der Waals surface area (Å²) in [6.07, 6.45) is 2.41. The molecule has 0 radical (unpaired) electrons. The van der Waals surface area contributed by atoms with Crippen LogP contribution in [0.5, 0.6) is 0 Å². The third-order valence-electron chi connectivity index (χ3n) is 2.69. The SMILES string of the molecule is CCCCC(NC(=O)Cc1ccccc1)C(=O)O. The lowest BCUT2D eigenvalue weighted by Crippen LogP contribution is -2.41. The summed E-state index contributed by atoms with van der Waals surface area (Å²) in [5.74, 6) is -1.21. The first-order valence-electron chi connectivity index (χ1n) is 6.19. The molecule has 1 amide bonds. The van der Waals surface area contributed by atoms with E-state index in [1.165, 1.54) is 0 Å². The van der Waals surface area contributed by atoms with Gasteiger partial charge in [-0.15, -0.1) is 0 Å². The van der Waals surface area contributed by atoms with Crippen molar-refractivity contribution < 1.29 is 14.7 Å². The number of carbonyl (C=O) groups is 2. The fourth-order valence-electron chi connectivity index (χ4n) is 1.69. The number of hydrogen-bond donors (Lipinski definition) is 2. The van der Waals surface area contributed by atoms with E-state index in [0.717, 1.165) is 18.4 Å². The number of carbonyl (C=O) groups excluding carboxylic acids is 1. The van der Waals surface area contributed by atoms with E-state index in [4.69, 9.17) is 5.11 Å². The number of nitrogens with one attached hydrogen (secondary N) is 1.